The van der Waals surface area contributed by atoms with Gasteiger partial charge in [0.1, 0.15) is 0 Å². The fourth-order valence-corrected chi connectivity index (χ4v) is 3.61. The molecule has 0 spiro atoms. The molecule has 0 radical (unpaired) electrons. The van der Waals surface area contributed by atoms with Gasteiger partial charge >= 0.3 is 0 Å². The first kappa shape index (κ1) is 15.3. The normalized spacial score (nSPS) is 37.4. The van der Waals surface area contributed by atoms with Crippen LogP contribution in [0.25, 0.3) is 0 Å². The van der Waals surface area contributed by atoms with Crippen LogP contribution in [0.4, 0.5) is 0 Å². The Hall–Kier alpha value is -0.120. The zero-order chi connectivity index (χ0) is 13.7. The molecule has 2 aliphatic rings. The summed E-state index contributed by atoms with van der Waals surface area (Å²) >= 11 is 0. The van der Waals surface area contributed by atoms with Crippen LogP contribution >= 0.6 is 0 Å². The van der Waals surface area contributed by atoms with Gasteiger partial charge in [-0.3, -0.25) is 0 Å². The van der Waals surface area contributed by atoms with E-state index in [1.54, 1.807) is 0 Å². The van der Waals surface area contributed by atoms with Crippen LogP contribution in [0.15, 0.2) is 0 Å². The maximum Gasteiger partial charge on any atom is 0.0601 e. The number of nitrogens with zero attached hydrogens (tertiary/aromatic N) is 1. The van der Waals surface area contributed by atoms with Gasteiger partial charge in [0.25, 0.3) is 0 Å². The van der Waals surface area contributed by atoms with Crippen LogP contribution in [-0.4, -0.2) is 49.0 Å². The highest BCUT2D eigenvalue weighted by molar-refractivity contribution is 4.83. The topological polar surface area (TPSA) is 32.7 Å². The van der Waals surface area contributed by atoms with Crippen LogP contribution < -0.4 is 0 Å². The van der Waals surface area contributed by atoms with Gasteiger partial charge in [-0.05, 0) is 38.1 Å². The first-order valence-electron chi connectivity index (χ1n) is 8.08. The lowest BCUT2D eigenvalue weighted by atomic mass is 9.83. The second-order valence-electron chi connectivity index (χ2n) is 7.02. The van der Waals surface area contributed by atoms with Gasteiger partial charge in [0.05, 0.1) is 12.7 Å². The summed E-state index contributed by atoms with van der Waals surface area (Å²) in [5.41, 5.74) is 0.108. The van der Waals surface area contributed by atoms with Crippen LogP contribution in [0.3, 0.4) is 0 Å². The van der Waals surface area contributed by atoms with E-state index in [2.05, 4.69) is 18.7 Å². The van der Waals surface area contributed by atoms with E-state index in [1.165, 1.54) is 38.6 Å². The molecule has 1 heterocycles. The molecule has 0 aromatic heterocycles. The third kappa shape index (κ3) is 4.44. The average molecular weight is 269 g/mol. The predicted octanol–water partition coefficient (Wildman–Crippen LogP) is 2.68. The van der Waals surface area contributed by atoms with Crippen molar-refractivity contribution in [3.63, 3.8) is 0 Å². The van der Waals surface area contributed by atoms with Gasteiger partial charge < -0.3 is 14.7 Å². The lowest BCUT2D eigenvalue weighted by Gasteiger charge is -2.39. The molecule has 0 amide bonds. The van der Waals surface area contributed by atoms with Gasteiger partial charge in [0.2, 0.25) is 0 Å². The lowest BCUT2D eigenvalue weighted by molar-refractivity contribution is -0.0262. The molecule has 3 nitrogen and oxygen atoms in total. The fourth-order valence-electron chi connectivity index (χ4n) is 3.61. The Morgan fingerprint density at radius 2 is 2.05 bits per heavy atom. The van der Waals surface area contributed by atoms with Crippen molar-refractivity contribution in [2.75, 3.05) is 32.8 Å². The summed E-state index contributed by atoms with van der Waals surface area (Å²) in [6, 6.07) is 0. The smallest absolute Gasteiger partial charge is 0.0601 e. The molecule has 1 saturated heterocycles. The summed E-state index contributed by atoms with van der Waals surface area (Å²) in [6.07, 6.45) is 8.13. The van der Waals surface area contributed by atoms with E-state index in [-0.39, 0.29) is 5.41 Å². The van der Waals surface area contributed by atoms with Gasteiger partial charge in [-0.2, -0.15) is 0 Å². The summed E-state index contributed by atoms with van der Waals surface area (Å²) in [4.78, 5) is 2.47. The minimum absolute atomic E-state index is 0.108. The van der Waals surface area contributed by atoms with E-state index in [1.807, 2.05) is 0 Å². The van der Waals surface area contributed by atoms with Gasteiger partial charge in [-0.15, -0.1) is 0 Å². The third-order valence-electron chi connectivity index (χ3n) is 5.01. The molecule has 112 valence electrons. The molecule has 19 heavy (non-hydrogen) atoms. The minimum atomic E-state index is 0.108. The minimum Gasteiger partial charge on any atom is -0.396 e. The van der Waals surface area contributed by atoms with E-state index in [0.29, 0.717) is 12.7 Å². The van der Waals surface area contributed by atoms with Gasteiger partial charge in [0, 0.05) is 25.1 Å². The molecule has 2 fully saturated rings. The number of aliphatic hydroxyl groups is 1. The molecule has 2 rings (SSSR count). The molecule has 0 aromatic carbocycles. The zero-order valence-electron chi connectivity index (χ0n) is 12.7. The first-order valence-corrected chi connectivity index (χ1v) is 8.08. The van der Waals surface area contributed by atoms with E-state index in [4.69, 9.17) is 4.74 Å². The highest BCUT2D eigenvalue weighted by Crippen LogP contribution is 2.29. The largest absolute Gasteiger partial charge is 0.396 e. The molecule has 0 aromatic rings. The van der Waals surface area contributed by atoms with Gasteiger partial charge in [-0.1, -0.05) is 26.7 Å². The average Bonchev–Trinajstić information content (AvgIpc) is 2.41. The number of aliphatic hydroxyl groups excluding tert-OH is 1. The molecule has 1 aliphatic carbocycles. The number of ether oxygens (including phenoxy) is 1. The molecular weight excluding hydrogens is 238 g/mol. The van der Waals surface area contributed by atoms with Crippen molar-refractivity contribution in [1.29, 1.82) is 0 Å². The number of rotatable bonds is 5. The van der Waals surface area contributed by atoms with Crippen molar-refractivity contribution in [2.24, 2.45) is 11.3 Å². The molecule has 3 heteroatoms. The summed E-state index contributed by atoms with van der Waals surface area (Å²) in [5.74, 6) is 0.734. The highest BCUT2D eigenvalue weighted by Gasteiger charge is 2.30. The quantitative estimate of drug-likeness (QED) is 0.833. The van der Waals surface area contributed by atoms with Gasteiger partial charge in [0.15, 0.2) is 0 Å². The Morgan fingerprint density at radius 3 is 2.79 bits per heavy atom. The number of likely N-dealkylation sites (tertiary alicyclic amines) is 1. The maximum absolute atomic E-state index is 9.47. The van der Waals surface area contributed by atoms with Crippen molar-refractivity contribution in [2.45, 2.75) is 58.5 Å². The van der Waals surface area contributed by atoms with E-state index in [9.17, 15) is 5.11 Å². The van der Waals surface area contributed by atoms with Crippen LogP contribution in [0.2, 0.25) is 0 Å². The van der Waals surface area contributed by atoms with Crippen LogP contribution in [0.1, 0.15) is 52.4 Å². The monoisotopic (exact) mass is 269 g/mol. The number of hydrogen-bond acceptors (Lipinski definition) is 3. The number of hydrogen-bond donors (Lipinski definition) is 1. The standard InChI is InChI=1S/C16H31NO2/c1-14-6-3-4-7-15(14)19-11-10-17-9-5-8-16(2,12-17)13-18/h14-15,18H,3-13H2,1-2H3. The van der Waals surface area contributed by atoms with Crippen molar-refractivity contribution >= 4 is 0 Å². The maximum atomic E-state index is 9.47. The first-order chi connectivity index (χ1) is 9.13. The SMILES string of the molecule is CC1CCCCC1OCCN1CCCC(C)(CO)C1. The molecule has 3 unspecified atom stereocenters. The van der Waals surface area contributed by atoms with Crippen molar-refractivity contribution < 1.29 is 9.84 Å². The Kier molecular flexibility index (Phi) is 5.67. The molecular formula is C16H31NO2. The van der Waals surface area contributed by atoms with Crippen LogP contribution in [0, 0.1) is 11.3 Å². The Bertz CT molecular complexity index is 271. The van der Waals surface area contributed by atoms with E-state index >= 15 is 0 Å². The highest BCUT2D eigenvalue weighted by atomic mass is 16.5. The van der Waals surface area contributed by atoms with E-state index < -0.39 is 0 Å². The van der Waals surface area contributed by atoms with Crippen molar-refractivity contribution in [3.8, 4) is 0 Å². The molecule has 1 N–H and O–H groups in total. The summed E-state index contributed by atoms with van der Waals surface area (Å²) in [5, 5.41) is 9.47. The third-order valence-corrected chi connectivity index (χ3v) is 5.01. The zero-order valence-corrected chi connectivity index (χ0v) is 12.7. The Labute approximate surface area is 118 Å². The predicted molar refractivity (Wildman–Crippen MR) is 78.2 cm³/mol. The Balaban J connectivity index is 1.67. The second-order valence-corrected chi connectivity index (χ2v) is 7.02. The summed E-state index contributed by atoms with van der Waals surface area (Å²) in [6.45, 7) is 8.91. The summed E-state index contributed by atoms with van der Waals surface area (Å²) < 4.78 is 6.10. The molecule has 1 saturated carbocycles. The van der Waals surface area contributed by atoms with Crippen molar-refractivity contribution in [1.82, 2.24) is 4.90 Å². The summed E-state index contributed by atoms with van der Waals surface area (Å²) in [7, 11) is 0. The van der Waals surface area contributed by atoms with Crippen LogP contribution in [-0.2, 0) is 4.74 Å². The van der Waals surface area contributed by atoms with E-state index in [0.717, 1.165) is 32.0 Å². The number of piperidine rings is 1. The molecule has 3 atom stereocenters. The van der Waals surface area contributed by atoms with Crippen molar-refractivity contribution in [3.05, 3.63) is 0 Å². The molecule has 1 aliphatic heterocycles. The second kappa shape index (κ2) is 7.05. The molecule has 0 bridgehead atoms. The lowest BCUT2D eigenvalue weighted by Crippen LogP contribution is -2.45. The fraction of sp³-hybridized carbons (Fsp3) is 1.00. The Morgan fingerprint density at radius 1 is 1.26 bits per heavy atom. The van der Waals surface area contributed by atoms with Crippen LogP contribution in [0.5, 0.6) is 0 Å². The van der Waals surface area contributed by atoms with Gasteiger partial charge in [-0.25, -0.2) is 0 Å².